The fourth-order valence-electron chi connectivity index (χ4n) is 4.56. The molecule has 34 heavy (non-hydrogen) atoms. The SMILES string of the molecule is Cc1cc(C(=O)CN2C(=O)N[C@@H](Cc3ccccc3)C2=O)c(C)n1-c1ccc2c(c1)OCCO2. The highest BCUT2D eigenvalue weighted by Crippen LogP contribution is 2.33. The molecule has 0 saturated carbocycles. The normalized spacial score (nSPS) is 17.1. The van der Waals surface area contributed by atoms with Crippen LogP contribution in [0.1, 0.15) is 27.3 Å². The lowest BCUT2D eigenvalue weighted by Crippen LogP contribution is -2.36. The number of ether oxygens (including phenoxy) is 2. The van der Waals surface area contributed by atoms with Gasteiger partial charge in [0.2, 0.25) is 0 Å². The number of hydrogen-bond donors (Lipinski definition) is 1. The van der Waals surface area contributed by atoms with E-state index in [0.29, 0.717) is 36.7 Å². The molecule has 8 heteroatoms. The summed E-state index contributed by atoms with van der Waals surface area (Å²) in [7, 11) is 0. The Bertz CT molecular complexity index is 1280. The number of imide groups is 1. The van der Waals surface area contributed by atoms with E-state index in [2.05, 4.69) is 5.32 Å². The van der Waals surface area contributed by atoms with Crippen LogP contribution < -0.4 is 14.8 Å². The van der Waals surface area contributed by atoms with Gasteiger partial charge in [-0.25, -0.2) is 4.79 Å². The molecular weight excluding hydrogens is 434 g/mol. The fraction of sp³-hybridized carbons (Fsp3) is 0.269. The van der Waals surface area contributed by atoms with Crippen molar-refractivity contribution in [3.8, 4) is 17.2 Å². The van der Waals surface area contributed by atoms with E-state index < -0.39 is 12.1 Å². The number of Topliss-reactive ketones (excluding diaryl/α,β-unsaturated/α-hetero) is 1. The Labute approximate surface area is 197 Å². The van der Waals surface area contributed by atoms with Gasteiger partial charge in [-0.15, -0.1) is 0 Å². The van der Waals surface area contributed by atoms with E-state index >= 15 is 0 Å². The largest absolute Gasteiger partial charge is 0.486 e. The number of carbonyl (C=O) groups is 3. The quantitative estimate of drug-likeness (QED) is 0.452. The van der Waals surface area contributed by atoms with Crippen molar-refractivity contribution in [2.75, 3.05) is 19.8 Å². The van der Waals surface area contributed by atoms with Crippen LogP contribution in [0.25, 0.3) is 5.69 Å². The number of amides is 3. The van der Waals surface area contributed by atoms with Gasteiger partial charge in [-0.1, -0.05) is 30.3 Å². The van der Waals surface area contributed by atoms with Crippen molar-refractivity contribution in [2.24, 2.45) is 0 Å². The first-order chi connectivity index (χ1) is 16.4. The topological polar surface area (TPSA) is 89.9 Å². The molecule has 1 aromatic heterocycles. The van der Waals surface area contributed by atoms with Crippen molar-refractivity contribution >= 4 is 17.7 Å². The summed E-state index contributed by atoms with van der Waals surface area (Å²) in [5.74, 6) is 0.675. The molecule has 5 rings (SSSR count). The Morgan fingerprint density at radius 2 is 1.74 bits per heavy atom. The third kappa shape index (κ3) is 3.91. The average molecular weight is 460 g/mol. The second-order valence-electron chi connectivity index (χ2n) is 8.49. The number of hydrogen-bond acceptors (Lipinski definition) is 5. The van der Waals surface area contributed by atoms with Gasteiger partial charge in [-0.05, 0) is 37.6 Å². The molecule has 3 aromatic rings. The smallest absolute Gasteiger partial charge is 0.325 e. The van der Waals surface area contributed by atoms with Crippen molar-refractivity contribution in [1.29, 1.82) is 0 Å². The van der Waals surface area contributed by atoms with Crippen LogP contribution in [0.5, 0.6) is 11.5 Å². The standard InChI is InChI=1S/C26H25N3O5/c1-16-12-20(17(2)29(16)19-8-9-23-24(14-19)34-11-10-33-23)22(30)15-28-25(31)21(27-26(28)32)13-18-6-4-3-5-7-18/h3-9,12,14,21H,10-11,13,15H2,1-2H3,(H,27,32)/t21-/m0/s1. The molecule has 0 aliphatic carbocycles. The Balaban J connectivity index is 1.34. The lowest BCUT2D eigenvalue weighted by molar-refractivity contribution is -0.127. The van der Waals surface area contributed by atoms with Crippen molar-refractivity contribution in [1.82, 2.24) is 14.8 Å². The zero-order valence-corrected chi connectivity index (χ0v) is 19.0. The summed E-state index contributed by atoms with van der Waals surface area (Å²) >= 11 is 0. The number of benzene rings is 2. The molecule has 1 fully saturated rings. The minimum Gasteiger partial charge on any atom is -0.486 e. The summed E-state index contributed by atoms with van der Waals surface area (Å²) in [6.45, 7) is 4.45. The summed E-state index contributed by atoms with van der Waals surface area (Å²) in [6.07, 6.45) is 0.384. The number of aryl methyl sites for hydroxylation is 1. The maximum atomic E-state index is 13.2. The maximum absolute atomic E-state index is 13.2. The van der Waals surface area contributed by atoms with Crippen molar-refractivity contribution < 1.29 is 23.9 Å². The molecule has 2 aliphatic heterocycles. The third-order valence-corrected chi connectivity index (χ3v) is 6.21. The third-order valence-electron chi connectivity index (χ3n) is 6.21. The molecular formula is C26H25N3O5. The van der Waals surface area contributed by atoms with Crippen LogP contribution >= 0.6 is 0 Å². The van der Waals surface area contributed by atoms with Crippen LogP contribution in [0.15, 0.2) is 54.6 Å². The number of rotatable bonds is 6. The van der Waals surface area contributed by atoms with Crippen LogP contribution in [0.4, 0.5) is 4.79 Å². The predicted octanol–water partition coefficient (Wildman–Crippen LogP) is 3.21. The lowest BCUT2D eigenvalue weighted by atomic mass is 10.1. The first-order valence-electron chi connectivity index (χ1n) is 11.2. The maximum Gasteiger partial charge on any atom is 0.325 e. The van der Waals surface area contributed by atoms with E-state index in [4.69, 9.17) is 9.47 Å². The van der Waals surface area contributed by atoms with Crippen LogP contribution in [-0.4, -0.2) is 53.0 Å². The molecule has 1 atom stereocenters. The van der Waals surface area contributed by atoms with Crippen LogP contribution in [-0.2, 0) is 11.2 Å². The van der Waals surface area contributed by atoms with Gasteiger partial charge in [0.1, 0.15) is 19.3 Å². The average Bonchev–Trinajstić information content (AvgIpc) is 3.28. The van der Waals surface area contributed by atoms with Crippen molar-refractivity contribution in [2.45, 2.75) is 26.3 Å². The molecule has 3 heterocycles. The molecule has 2 aliphatic rings. The Hall–Kier alpha value is -4.07. The molecule has 3 amide bonds. The number of ketones is 1. The molecule has 1 N–H and O–H groups in total. The van der Waals surface area contributed by atoms with Gasteiger partial charge in [-0.3, -0.25) is 14.5 Å². The van der Waals surface area contributed by atoms with E-state index in [9.17, 15) is 14.4 Å². The van der Waals surface area contributed by atoms with Gasteiger partial charge in [0.25, 0.3) is 5.91 Å². The second kappa shape index (κ2) is 8.70. The molecule has 0 radical (unpaired) electrons. The van der Waals surface area contributed by atoms with Gasteiger partial charge < -0.3 is 19.4 Å². The van der Waals surface area contributed by atoms with Crippen LogP contribution in [0, 0.1) is 13.8 Å². The van der Waals surface area contributed by atoms with Crippen molar-refractivity contribution in [3.63, 3.8) is 0 Å². The molecule has 1 saturated heterocycles. The monoisotopic (exact) mass is 459 g/mol. The van der Waals surface area contributed by atoms with Crippen molar-refractivity contribution in [3.05, 3.63) is 77.1 Å². The van der Waals surface area contributed by atoms with Gasteiger partial charge in [0.15, 0.2) is 17.3 Å². The predicted molar refractivity (Wildman–Crippen MR) is 125 cm³/mol. The van der Waals surface area contributed by atoms with Gasteiger partial charge in [0, 0.05) is 35.1 Å². The van der Waals surface area contributed by atoms with E-state index in [1.54, 1.807) is 6.07 Å². The Kier molecular flexibility index (Phi) is 5.57. The van der Waals surface area contributed by atoms with E-state index in [1.165, 1.54) is 0 Å². The summed E-state index contributed by atoms with van der Waals surface area (Å²) < 4.78 is 13.2. The zero-order chi connectivity index (χ0) is 23.8. The molecule has 174 valence electrons. The van der Waals surface area contributed by atoms with Gasteiger partial charge >= 0.3 is 6.03 Å². The van der Waals surface area contributed by atoms with E-state index in [0.717, 1.165) is 27.5 Å². The minimum atomic E-state index is -0.673. The molecule has 0 unspecified atom stereocenters. The summed E-state index contributed by atoms with van der Waals surface area (Å²) in [5, 5.41) is 2.70. The number of fused-ring (bicyclic) bond motifs is 1. The molecule has 8 nitrogen and oxygen atoms in total. The number of urea groups is 1. The summed E-state index contributed by atoms with van der Waals surface area (Å²) in [5.41, 5.74) is 3.84. The summed E-state index contributed by atoms with van der Waals surface area (Å²) in [4.78, 5) is 39.5. The molecule has 2 aromatic carbocycles. The number of nitrogens with one attached hydrogen (secondary N) is 1. The minimum absolute atomic E-state index is 0.291. The summed E-state index contributed by atoms with van der Waals surface area (Å²) in [6, 6.07) is 15.7. The first-order valence-corrected chi connectivity index (χ1v) is 11.2. The van der Waals surface area contributed by atoms with Gasteiger partial charge in [0.05, 0.1) is 6.54 Å². The van der Waals surface area contributed by atoms with E-state index in [1.807, 2.05) is 66.9 Å². The highest BCUT2D eigenvalue weighted by Gasteiger charge is 2.39. The zero-order valence-electron chi connectivity index (χ0n) is 19.0. The highest BCUT2D eigenvalue weighted by atomic mass is 16.6. The number of carbonyl (C=O) groups excluding carboxylic acids is 3. The number of aromatic nitrogens is 1. The molecule has 0 spiro atoms. The molecule has 0 bridgehead atoms. The Morgan fingerprint density at radius 3 is 2.50 bits per heavy atom. The second-order valence-corrected chi connectivity index (χ2v) is 8.49. The lowest BCUT2D eigenvalue weighted by Gasteiger charge is -2.20. The van der Waals surface area contributed by atoms with E-state index in [-0.39, 0.29) is 18.2 Å². The first kappa shape index (κ1) is 21.8. The van der Waals surface area contributed by atoms with Crippen LogP contribution in [0.2, 0.25) is 0 Å². The Morgan fingerprint density at radius 1 is 1.00 bits per heavy atom. The van der Waals surface area contributed by atoms with Gasteiger partial charge in [-0.2, -0.15) is 0 Å². The van der Waals surface area contributed by atoms with Crippen LogP contribution in [0.3, 0.4) is 0 Å². The highest BCUT2D eigenvalue weighted by molar-refractivity contribution is 6.09. The fourth-order valence-corrected chi connectivity index (χ4v) is 4.56. The number of nitrogens with zero attached hydrogens (tertiary/aromatic N) is 2.